The minimum absolute atomic E-state index is 0.170. The third-order valence-electron chi connectivity index (χ3n) is 1.65. The van der Waals surface area contributed by atoms with Crippen LogP contribution in [0.15, 0.2) is 28.4 Å². The Morgan fingerprint density at radius 2 is 1.62 bits per heavy atom. The molecular weight excluding hydrogens is 270 g/mol. The number of benzene rings is 1. The van der Waals surface area contributed by atoms with Gasteiger partial charge < -0.3 is 0 Å². The van der Waals surface area contributed by atoms with E-state index >= 15 is 0 Å². The average Bonchev–Trinajstić information content (AvgIpc) is 2.02. The predicted octanol–water partition coefficient (Wildman–Crippen LogP) is 3.72. The molecule has 70 valence electrons. The van der Waals surface area contributed by atoms with Crippen molar-refractivity contribution in [1.29, 1.82) is 0 Å². The van der Waals surface area contributed by atoms with E-state index in [9.17, 15) is 4.39 Å². The van der Waals surface area contributed by atoms with Gasteiger partial charge in [-0.05, 0) is 0 Å². The van der Waals surface area contributed by atoms with Crippen molar-refractivity contribution in [1.82, 2.24) is 0 Å². The number of hydrogen-bond acceptors (Lipinski definition) is 0. The van der Waals surface area contributed by atoms with Gasteiger partial charge in [-0.2, -0.15) is 0 Å². The first-order chi connectivity index (χ1) is 5.97. The van der Waals surface area contributed by atoms with Crippen LogP contribution in [0, 0.1) is 5.82 Å². The molecule has 0 spiro atoms. The molecule has 0 N–H and O–H groups in total. The summed E-state index contributed by atoms with van der Waals surface area (Å²) in [4.78, 5) is 7.03. The van der Waals surface area contributed by atoms with Gasteiger partial charge >= 0.3 is 83.4 Å². The topological polar surface area (TPSA) is 0 Å². The molecule has 0 aliphatic rings. The second kappa shape index (κ2) is 4.27. The number of rotatable bonds is 2. The molecule has 0 aliphatic carbocycles. The third kappa shape index (κ3) is 4.46. The van der Waals surface area contributed by atoms with Crippen LogP contribution in [0.2, 0.25) is 14.8 Å². The molecule has 0 heterocycles. The Balaban J connectivity index is 2.75. The fourth-order valence-electron chi connectivity index (χ4n) is 0.920. The maximum atomic E-state index is 12.5. The third-order valence-corrected chi connectivity index (χ3v) is 4.98. The van der Waals surface area contributed by atoms with Crippen molar-refractivity contribution in [2.24, 2.45) is 0 Å². The SMILES string of the molecule is [CH3][Sn]([CH3])([CH3])/[CH]=C/c1ccc(F)cc1. The van der Waals surface area contributed by atoms with Crippen LogP contribution in [0.25, 0.3) is 6.08 Å². The zero-order valence-electron chi connectivity index (χ0n) is 8.34. The molecule has 1 rings (SSSR count). The summed E-state index contributed by atoms with van der Waals surface area (Å²) in [6.45, 7) is 0. The molecule has 0 atom stereocenters. The molecule has 0 bridgehead atoms. The molecular formula is C11H15FSn. The summed E-state index contributed by atoms with van der Waals surface area (Å²) in [5.41, 5.74) is 1.09. The summed E-state index contributed by atoms with van der Waals surface area (Å²) in [7, 11) is 0. The number of hydrogen-bond donors (Lipinski definition) is 0. The van der Waals surface area contributed by atoms with E-state index in [1.165, 1.54) is 12.1 Å². The van der Waals surface area contributed by atoms with E-state index in [0.29, 0.717) is 0 Å². The molecule has 2 heteroatoms. The van der Waals surface area contributed by atoms with Crippen LogP contribution in [0.1, 0.15) is 5.56 Å². The summed E-state index contributed by atoms with van der Waals surface area (Å²) in [6.07, 6.45) is 2.11. The van der Waals surface area contributed by atoms with Gasteiger partial charge in [0.25, 0.3) is 0 Å². The van der Waals surface area contributed by atoms with Gasteiger partial charge in [0.05, 0.1) is 0 Å². The van der Waals surface area contributed by atoms with E-state index < -0.39 is 18.4 Å². The molecule has 0 unspecified atom stereocenters. The Morgan fingerprint density at radius 3 is 2.08 bits per heavy atom. The van der Waals surface area contributed by atoms with Crippen LogP contribution in [-0.2, 0) is 0 Å². The fourth-order valence-corrected chi connectivity index (χ4v) is 2.90. The van der Waals surface area contributed by atoms with E-state index in [4.69, 9.17) is 0 Å². The Labute approximate surface area is 83.3 Å². The zero-order valence-corrected chi connectivity index (χ0v) is 11.2. The van der Waals surface area contributed by atoms with Gasteiger partial charge in [0.1, 0.15) is 0 Å². The van der Waals surface area contributed by atoms with Gasteiger partial charge in [-0.3, -0.25) is 0 Å². The van der Waals surface area contributed by atoms with Gasteiger partial charge in [0, 0.05) is 0 Å². The Bertz CT molecular complexity index is 293. The minimum atomic E-state index is -1.79. The van der Waals surface area contributed by atoms with E-state index in [1.54, 1.807) is 0 Å². The Kier molecular flexibility index (Phi) is 3.54. The van der Waals surface area contributed by atoms with Crippen LogP contribution in [-0.4, -0.2) is 18.4 Å². The molecule has 0 aromatic heterocycles. The van der Waals surface area contributed by atoms with Gasteiger partial charge in [-0.15, -0.1) is 0 Å². The molecule has 0 aliphatic heterocycles. The van der Waals surface area contributed by atoms with Crippen molar-refractivity contribution in [2.75, 3.05) is 0 Å². The second-order valence-electron chi connectivity index (χ2n) is 4.25. The first-order valence-corrected chi connectivity index (χ1v) is 14.6. The van der Waals surface area contributed by atoms with Crippen LogP contribution >= 0.6 is 0 Å². The van der Waals surface area contributed by atoms with E-state index in [1.807, 2.05) is 12.1 Å². The molecule has 0 nitrogen and oxygen atoms in total. The van der Waals surface area contributed by atoms with Crippen molar-refractivity contribution >= 4 is 24.5 Å². The van der Waals surface area contributed by atoms with Gasteiger partial charge in [-0.25, -0.2) is 0 Å². The van der Waals surface area contributed by atoms with Crippen LogP contribution < -0.4 is 0 Å². The standard InChI is InChI=1S/C8H6F.3CH3.Sn/c1-2-7-3-5-8(9)6-4-7;;;;/h1-6H;3*1H3;. The van der Waals surface area contributed by atoms with Crippen molar-refractivity contribution in [3.63, 3.8) is 0 Å². The zero-order chi connectivity index (χ0) is 9.90. The number of halogens is 1. The molecule has 0 radical (unpaired) electrons. The van der Waals surface area contributed by atoms with E-state index in [2.05, 4.69) is 25.0 Å². The maximum absolute atomic E-state index is 12.5. The molecule has 1 aromatic rings. The summed E-state index contributed by atoms with van der Waals surface area (Å²) < 4.78 is 14.9. The molecule has 0 saturated carbocycles. The first-order valence-electron chi connectivity index (χ1n) is 4.42. The van der Waals surface area contributed by atoms with Gasteiger partial charge in [-0.1, -0.05) is 0 Å². The van der Waals surface area contributed by atoms with E-state index in [0.717, 1.165) is 5.56 Å². The van der Waals surface area contributed by atoms with Crippen molar-refractivity contribution in [3.05, 3.63) is 39.7 Å². The van der Waals surface area contributed by atoms with Crippen LogP contribution in [0.3, 0.4) is 0 Å². The normalized spacial score (nSPS) is 12.3. The Hall–Kier alpha value is -0.311. The predicted molar refractivity (Wildman–Crippen MR) is 58.8 cm³/mol. The first kappa shape index (κ1) is 10.8. The quantitative estimate of drug-likeness (QED) is 0.726. The molecule has 1 aromatic carbocycles. The van der Waals surface area contributed by atoms with Crippen molar-refractivity contribution < 1.29 is 4.39 Å². The van der Waals surface area contributed by atoms with Gasteiger partial charge in [0.2, 0.25) is 0 Å². The fraction of sp³-hybridized carbons (Fsp3) is 0.273. The molecule has 0 fully saturated rings. The van der Waals surface area contributed by atoms with Gasteiger partial charge in [0.15, 0.2) is 0 Å². The molecule has 0 saturated heterocycles. The summed E-state index contributed by atoms with van der Waals surface area (Å²) >= 11 is -1.79. The monoisotopic (exact) mass is 286 g/mol. The summed E-state index contributed by atoms with van der Waals surface area (Å²) in [5, 5.41) is 0. The Morgan fingerprint density at radius 1 is 1.08 bits per heavy atom. The van der Waals surface area contributed by atoms with Crippen LogP contribution in [0.5, 0.6) is 0 Å². The summed E-state index contributed by atoms with van der Waals surface area (Å²) in [6, 6.07) is 6.61. The van der Waals surface area contributed by atoms with E-state index in [-0.39, 0.29) is 5.82 Å². The van der Waals surface area contributed by atoms with Crippen molar-refractivity contribution in [3.8, 4) is 0 Å². The van der Waals surface area contributed by atoms with Crippen LogP contribution in [0.4, 0.5) is 4.39 Å². The van der Waals surface area contributed by atoms with Crippen molar-refractivity contribution in [2.45, 2.75) is 14.8 Å². The summed E-state index contributed by atoms with van der Waals surface area (Å²) in [5.74, 6) is -0.170. The molecule has 0 amide bonds. The average molecular weight is 285 g/mol. The molecule has 13 heavy (non-hydrogen) atoms. The second-order valence-corrected chi connectivity index (χ2v) is 18.7.